The first kappa shape index (κ1) is 18.7. The van der Waals surface area contributed by atoms with E-state index in [0.717, 1.165) is 24.0 Å². The number of carbonyl (C=O) groups excluding carboxylic acids is 2. The molecule has 2 aromatic rings. The average molecular weight is 383 g/mol. The smallest absolute Gasteiger partial charge is 0.261 e. The topological polar surface area (TPSA) is 73.2 Å². The highest BCUT2D eigenvalue weighted by Gasteiger charge is 2.45. The van der Waals surface area contributed by atoms with Gasteiger partial charge in [-0.05, 0) is 31.0 Å². The minimum Gasteiger partial charge on any atom is -0.321 e. The summed E-state index contributed by atoms with van der Waals surface area (Å²) < 4.78 is 0. The maximum Gasteiger partial charge on any atom is 0.261 e. The van der Waals surface area contributed by atoms with Crippen LogP contribution in [0, 0.1) is 18.3 Å². The standard InChI is InChI=1S/C24H21N3O2/c1-3-4-12-27-22(17-10-8-15(2)9-11-17)20-19(24(27)29)21(26-23(20)28)18-7-5-6-16(13-18)14-25/h5-11,13H,3-4,12H2,1-2H3,(H,26,28). The third kappa shape index (κ3) is 3.13. The van der Waals surface area contributed by atoms with E-state index in [4.69, 9.17) is 0 Å². The van der Waals surface area contributed by atoms with E-state index in [2.05, 4.69) is 18.3 Å². The second kappa shape index (κ2) is 7.40. The average Bonchev–Trinajstić information content (AvgIpc) is 3.22. The summed E-state index contributed by atoms with van der Waals surface area (Å²) in [6.45, 7) is 4.64. The van der Waals surface area contributed by atoms with Crippen molar-refractivity contribution in [2.24, 2.45) is 0 Å². The SMILES string of the molecule is CCCCN1C(=O)C2=C(c3cccc(C#N)c3)NC(=O)C2=C1c1ccc(C)cc1. The Morgan fingerprint density at radius 2 is 1.79 bits per heavy atom. The molecule has 0 spiro atoms. The van der Waals surface area contributed by atoms with Gasteiger partial charge in [-0.1, -0.05) is 55.3 Å². The molecule has 5 heteroatoms. The Hall–Kier alpha value is -3.65. The largest absolute Gasteiger partial charge is 0.321 e. The van der Waals surface area contributed by atoms with Crippen LogP contribution in [0.5, 0.6) is 0 Å². The summed E-state index contributed by atoms with van der Waals surface area (Å²) in [6, 6.07) is 16.9. The quantitative estimate of drug-likeness (QED) is 0.854. The zero-order chi connectivity index (χ0) is 20.5. The van der Waals surface area contributed by atoms with E-state index in [0.29, 0.717) is 40.2 Å². The summed E-state index contributed by atoms with van der Waals surface area (Å²) in [5, 5.41) is 12.1. The van der Waals surface area contributed by atoms with E-state index in [1.807, 2.05) is 31.2 Å². The molecule has 2 amide bonds. The second-order valence-electron chi connectivity index (χ2n) is 7.30. The third-order valence-electron chi connectivity index (χ3n) is 5.27. The van der Waals surface area contributed by atoms with Crippen LogP contribution in [0.1, 0.15) is 42.0 Å². The lowest BCUT2D eigenvalue weighted by Gasteiger charge is -2.21. The molecule has 29 heavy (non-hydrogen) atoms. The lowest BCUT2D eigenvalue weighted by atomic mass is 10.0. The van der Waals surface area contributed by atoms with Crippen LogP contribution in [-0.2, 0) is 9.59 Å². The van der Waals surface area contributed by atoms with Gasteiger partial charge in [0.2, 0.25) is 0 Å². The van der Waals surface area contributed by atoms with Gasteiger partial charge in [-0.15, -0.1) is 0 Å². The van der Waals surface area contributed by atoms with Gasteiger partial charge in [-0.25, -0.2) is 0 Å². The summed E-state index contributed by atoms with van der Waals surface area (Å²) in [7, 11) is 0. The first-order valence-corrected chi connectivity index (χ1v) is 9.75. The van der Waals surface area contributed by atoms with Crippen molar-refractivity contribution in [1.29, 1.82) is 5.26 Å². The van der Waals surface area contributed by atoms with Crippen molar-refractivity contribution in [3.63, 3.8) is 0 Å². The first-order chi connectivity index (χ1) is 14.0. The molecule has 4 rings (SSSR count). The Labute approximate surface area is 170 Å². The van der Waals surface area contributed by atoms with Crippen molar-refractivity contribution in [3.05, 3.63) is 81.9 Å². The van der Waals surface area contributed by atoms with Gasteiger partial charge in [-0.2, -0.15) is 5.26 Å². The molecule has 0 radical (unpaired) electrons. The molecule has 144 valence electrons. The van der Waals surface area contributed by atoms with Crippen molar-refractivity contribution in [3.8, 4) is 6.07 Å². The van der Waals surface area contributed by atoms with Gasteiger partial charge in [0.25, 0.3) is 11.8 Å². The predicted octanol–water partition coefficient (Wildman–Crippen LogP) is 3.76. The first-order valence-electron chi connectivity index (χ1n) is 9.75. The van der Waals surface area contributed by atoms with Crippen LogP contribution < -0.4 is 5.32 Å². The number of rotatable bonds is 5. The van der Waals surface area contributed by atoms with E-state index in [1.54, 1.807) is 29.2 Å². The summed E-state index contributed by atoms with van der Waals surface area (Å²) in [5.74, 6) is -0.444. The van der Waals surface area contributed by atoms with E-state index in [-0.39, 0.29) is 11.8 Å². The van der Waals surface area contributed by atoms with Crippen LogP contribution in [0.3, 0.4) is 0 Å². The summed E-state index contributed by atoms with van der Waals surface area (Å²) in [5.41, 5.74) is 5.09. The highest BCUT2D eigenvalue weighted by atomic mass is 16.2. The van der Waals surface area contributed by atoms with E-state index >= 15 is 0 Å². The highest BCUT2D eigenvalue weighted by molar-refractivity contribution is 6.30. The Morgan fingerprint density at radius 1 is 1.03 bits per heavy atom. The molecular formula is C24H21N3O2. The molecule has 0 saturated heterocycles. The van der Waals surface area contributed by atoms with Crippen molar-refractivity contribution in [2.45, 2.75) is 26.7 Å². The zero-order valence-electron chi connectivity index (χ0n) is 16.5. The molecule has 0 atom stereocenters. The molecule has 2 aliphatic rings. The van der Waals surface area contributed by atoms with Crippen LogP contribution in [0.25, 0.3) is 11.4 Å². The molecule has 2 aliphatic heterocycles. The van der Waals surface area contributed by atoms with Crippen molar-refractivity contribution < 1.29 is 9.59 Å². The fraction of sp³-hybridized carbons (Fsp3) is 0.208. The lowest BCUT2D eigenvalue weighted by molar-refractivity contribution is -0.123. The maximum absolute atomic E-state index is 13.4. The van der Waals surface area contributed by atoms with Crippen LogP contribution in [0.2, 0.25) is 0 Å². The number of amides is 2. The molecule has 0 fully saturated rings. The minimum atomic E-state index is -0.278. The Morgan fingerprint density at radius 3 is 2.48 bits per heavy atom. The Balaban J connectivity index is 1.92. The number of hydrogen-bond donors (Lipinski definition) is 1. The van der Waals surface area contributed by atoms with Crippen LogP contribution in [0.15, 0.2) is 59.7 Å². The van der Waals surface area contributed by atoms with E-state index in [9.17, 15) is 14.9 Å². The molecule has 2 aromatic carbocycles. The molecule has 0 aliphatic carbocycles. The monoisotopic (exact) mass is 383 g/mol. The number of hydrogen-bond acceptors (Lipinski definition) is 3. The number of nitrogens with zero attached hydrogens (tertiary/aromatic N) is 2. The molecule has 0 saturated carbocycles. The third-order valence-corrected chi connectivity index (χ3v) is 5.27. The molecule has 5 nitrogen and oxygen atoms in total. The number of aryl methyl sites for hydroxylation is 1. The molecule has 0 unspecified atom stereocenters. The second-order valence-corrected chi connectivity index (χ2v) is 7.30. The van der Waals surface area contributed by atoms with Gasteiger partial charge < -0.3 is 10.2 Å². The fourth-order valence-corrected chi connectivity index (χ4v) is 3.79. The lowest BCUT2D eigenvalue weighted by Crippen LogP contribution is -2.28. The zero-order valence-corrected chi connectivity index (χ0v) is 16.5. The Bertz CT molecular complexity index is 1120. The summed E-state index contributed by atoms with van der Waals surface area (Å²) in [6.07, 6.45) is 1.80. The number of benzene rings is 2. The van der Waals surface area contributed by atoms with Crippen molar-refractivity contribution in [2.75, 3.05) is 6.54 Å². The van der Waals surface area contributed by atoms with Crippen molar-refractivity contribution in [1.82, 2.24) is 10.2 Å². The molecule has 0 bridgehead atoms. The normalized spacial score (nSPS) is 15.7. The summed E-state index contributed by atoms with van der Waals surface area (Å²) in [4.78, 5) is 28.1. The Kier molecular flexibility index (Phi) is 4.77. The molecule has 2 heterocycles. The van der Waals surface area contributed by atoms with Crippen LogP contribution in [0.4, 0.5) is 0 Å². The minimum absolute atomic E-state index is 0.167. The highest BCUT2D eigenvalue weighted by Crippen LogP contribution is 2.42. The number of nitrogens with one attached hydrogen (secondary N) is 1. The number of carbonyl (C=O) groups is 2. The summed E-state index contributed by atoms with van der Waals surface area (Å²) >= 11 is 0. The molecule has 0 aromatic heterocycles. The van der Waals surface area contributed by atoms with Gasteiger partial charge in [-0.3, -0.25) is 9.59 Å². The number of fused-ring (bicyclic) bond motifs is 1. The number of unbranched alkanes of at least 4 members (excludes halogenated alkanes) is 1. The predicted molar refractivity (Wildman–Crippen MR) is 111 cm³/mol. The maximum atomic E-state index is 13.4. The molecule has 1 N–H and O–H groups in total. The van der Waals surface area contributed by atoms with Gasteiger partial charge in [0.15, 0.2) is 0 Å². The molecular weight excluding hydrogens is 362 g/mol. The fourth-order valence-electron chi connectivity index (χ4n) is 3.79. The van der Waals surface area contributed by atoms with Gasteiger partial charge >= 0.3 is 0 Å². The number of nitriles is 1. The van der Waals surface area contributed by atoms with Crippen molar-refractivity contribution >= 4 is 23.2 Å². The van der Waals surface area contributed by atoms with Crippen LogP contribution in [-0.4, -0.2) is 23.3 Å². The van der Waals surface area contributed by atoms with Crippen LogP contribution >= 0.6 is 0 Å². The van der Waals surface area contributed by atoms with Gasteiger partial charge in [0.05, 0.1) is 34.2 Å². The van der Waals surface area contributed by atoms with Gasteiger partial charge in [0, 0.05) is 12.1 Å². The van der Waals surface area contributed by atoms with E-state index in [1.165, 1.54) is 0 Å². The van der Waals surface area contributed by atoms with Gasteiger partial charge in [0.1, 0.15) is 0 Å². The van der Waals surface area contributed by atoms with E-state index < -0.39 is 0 Å².